The highest BCUT2D eigenvalue weighted by Crippen LogP contribution is 2.26. The number of nitrogens with one attached hydrogen (secondary N) is 2. The number of methoxy groups -OCH3 is 1. The van der Waals surface area contributed by atoms with Crippen LogP contribution in [0.2, 0.25) is 0 Å². The van der Waals surface area contributed by atoms with Crippen LogP contribution in [0.4, 0.5) is 19.6 Å². The number of thioether (sulfide) groups is 1. The molecule has 2 amide bonds. The summed E-state index contributed by atoms with van der Waals surface area (Å²) in [6.07, 6.45) is 0. The van der Waals surface area contributed by atoms with E-state index in [-0.39, 0.29) is 16.8 Å². The molecule has 150 valence electrons. The first-order chi connectivity index (χ1) is 14.0. The Balaban J connectivity index is 1.55. The number of nitrogens with zero attached hydrogens (tertiary/aromatic N) is 2. The Hall–Kier alpha value is -3.05. The van der Waals surface area contributed by atoms with Gasteiger partial charge in [-0.15, -0.1) is 10.2 Å². The molecule has 2 aromatic carbocycles. The van der Waals surface area contributed by atoms with Gasteiger partial charge in [0, 0.05) is 11.8 Å². The first-order valence-corrected chi connectivity index (χ1v) is 9.92. The van der Waals surface area contributed by atoms with Crippen LogP contribution in [0.15, 0.2) is 46.8 Å². The van der Waals surface area contributed by atoms with Crippen molar-refractivity contribution in [2.24, 2.45) is 0 Å². The molecule has 0 bridgehead atoms. The van der Waals surface area contributed by atoms with Crippen molar-refractivity contribution in [3.8, 4) is 5.75 Å². The third kappa shape index (κ3) is 5.48. The van der Waals surface area contributed by atoms with Crippen LogP contribution in [0.5, 0.6) is 5.75 Å². The van der Waals surface area contributed by atoms with Gasteiger partial charge in [-0.05, 0) is 24.3 Å². The SMILES string of the molecule is COc1cccc(NC(=O)CSc2nnc(NC(=O)c3c(F)cccc3F)s2)c1. The molecule has 3 rings (SSSR count). The molecule has 0 saturated carbocycles. The van der Waals surface area contributed by atoms with Crippen LogP contribution in [0.3, 0.4) is 0 Å². The summed E-state index contributed by atoms with van der Waals surface area (Å²) in [4.78, 5) is 24.1. The molecular formula is C18H14F2N4O3S2. The number of rotatable bonds is 7. The molecule has 0 spiro atoms. The van der Waals surface area contributed by atoms with E-state index < -0.39 is 23.1 Å². The lowest BCUT2D eigenvalue weighted by Crippen LogP contribution is -2.15. The third-order valence-electron chi connectivity index (χ3n) is 3.50. The maximum absolute atomic E-state index is 13.7. The largest absolute Gasteiger partial charge is 0.497 e. The Kier molecular flexibility index (Phi) is 6.73. The molecule has 29 heavy (non-hydrogen) atoms. The molecule has 0 aliphatic rings. The number of carbonyl (C=O) groups excluding carboxylic acids is 2. The van der Waals surface area contributed by atoms with Crippen LogP contribution in [-0.4, -0.2) is 34.9 Å². The molecule has 0 atom stereocenters. The summed E-state index contributed by atoms with van der Waals surface area (Å²) in [6.45, 7) is 0. The Morgan fingerprint density at radius 2 is 1.83 bits per heavy atom. The van der Waals surface area contributed by atoms with E-state index in [0.717, 1.165) is 41.3 Å². The van der Waals surface area contributed by atoms with Crippen LogP contribution in [0.25, 0.3) is 0 Å². The van der Waals surface area contributed by atoms with Gasteiger partial charge in [0.25, 0.3) is 5.91 Å². The van der Waals surface area contributed by atoms with Crippen LogP contribution in [0, 0.1) is 11.6 Å². The summed E-state index contributed by atoms with van der Waals surface area (Å²) in [5.41, 5.74) is -0.110. The van der Waals surface area contributed by atoms with E-state index in [2.05, 4.69) is 20.8 Å². The van der Waals surface area contributed by atoms with Crippen LogP contribution in [-0.2, 0) is 4.79 Å². The summed E-state index contributed by atoms with van der Waals surface area (Å²) in [6, 6.07) is 10.1. The minimum atomic E-state index is -0.976. The number of ether oxygens (including phenoxy) is 1. The lowest BCUT2D eigenvalue weighted by atomic mass is 10.2. The lowest BCUT2D eigenvalue weighted by molar-refractivity contribution is -0.113. The zero-order chi connectivity index (χ0) is 20.8. The second-order valence-electron chi connectivity index (χ2n) is 5.49. The van der Waals surface area contributed by atoms with Crippen molar-refractivity contribution in [1.82, 2.24) is 10.2 Å². The van der Waals surface area contributed by atoms with Crippen molar-refractivity contribution in [2.45, 2.75) is 4.34 Å². The van der Waals surface area contributed by atoms with E-state index in [1.807, 2.05) is 0 Å². The van der Waals surface area contributed by atoms with E-state index in [1.165, 1.54) is 7.11 Å². The maximum Gasteiger partial charge on any atom is 0.263 e. The number of amides is 2. The Morgan fingerprint density at radius 3 is 2.55 bits per heavy atom. The van der Waals surface area contributed by atoms with Crippen molar-refractivity contribution in [2.75, 3.05) is 23.5 Å². The van der Waals surface area contributed by atoms with Gasteiger partial charge in [0.2, 0.25) is 11.0 Å². The van der Waals surface area contributed by atoms with E-state index in [9.17, 15) is 18.4 Å². The summed E-state index contributed by atoms with van der Waals surface area (Å²) in [5, 5.41) is 12.7. The first-order valence-electron chi connectivity index (χ1n) is 8.12. The fraction of sp³-hybridized carbons (Fsp3) is 0.111. The van der Waals surface area contributed by atoms with Crippen molar-refractivity contribution in [3.05, 3.63) is 59.7 Å². The number of hydrogen-bond acceptors (Lipinski definition) is 7. The molecule has 1 aromatic heterocycles. The molecular weight excluding hydrogens is 422 g/mol. The predicted octanol–water partition coefficient (Wildman–Crippen LogP) is 3.81. The highest BCUT2D eigenvalue weighted by atomic mass is 32.2. The summed E-state index contributed by atoms with van der Waals surface area (Å²) >= 11 is 2.10. The van der Waals surface area contributed by atoms with Crippen molar-refractivity contribution in [1.29, 1.82) is 0 Å². The van der Waals surface area contributed by atoms with Crippen molar-refractivity contribution in [3.63, 3.8) is 0 Å². The van der Waals surface area contributed by atoms with Gasteiger partial charge in [0.05, 0.1) is 12.9 Å². The van der Waals surface area contributed by atoms with Crippen LogP contribution >= 0.6 is 23.1 Å². The number of anilines is 2. The zero-order valence-corrected chi connectivity index (χ0v) is 16.6. The Labute approximate surface area is 172 Å². The quantitative estimate of drug-likeness (QED) is 0.432. The molecule has 0 saturated heterocycles. The monoisotopic (exact) mass is 436 g/mol. The summed E-state index contributed by atoms with van der Waals surface area (Å²) < 4.78 is 32.8. The summed E-state index contributed by atoms with van der Waals surface area (Å²) in [7, 11) is 1.53. The van der Waals surface area contributed by atoms with E-state index >= 15 is 0 Å². The van der Waals surface area contributed by atoms with Gasteiger partial charge in [-0.1, -0.05) is 35.2 Å². The van der Waals surface area contributed by atoms with E-state index in [4.69, 9.17) is 4.74 Å². The molecule has 0 unspecified atom stereocenters. The van der Waals surface area contributed by atoms with Gasteiger partial charge in [0.15, 0.2) is 4.34 Å². The molecule has 3 aromatic rings. The first kappa shape index (κ1) is 20.7. The van der Waals surface area contributed by atoms with Crippen molar-refractivity contribution >= 4 is 45.7 Å². The number of halogens is 2. The van der Waals surface area contributed by atoms with Gasteiger partial charge >= 0.3 is 0 Å². The smallest absolute Gasteiger partial charge is 0.263 e. The molecule has 11 heteroatoms. The fourth-order valence-electron chi connectivity index (χ4n) is 2.22. The number of benzene rings is 2. The van der Waals surface area contributed by atoms with E-state index in [0.29, 0.717) is 15.8 Å². The summed E-state index contributed by atoms with van der Waals surface area (Å²) in [5.74, 6) is -2.51. The molecule has 0 aliphatic carbocycles. The molecule has 7 nitrogen and oxygen atoms in total. The molecule has 0 aliphatic heterocycles. The minimum absolute atomic E-state index is 0.0573. The number of aromatic nitrogens is 2. The van der Waals surface area contributed by atoms with Gasteiger partial charge in [-0.3, -0.25) is 14.9 Å². The molecule has 2 N–H and O–H groups in total. The average molecular weight is 436 g/mol. The predicted molar refractivity (Wildman–Crippen MR) is 107 cm³/mol. The second-order valence-corrected chi connectivity index (χ2v) is 7.69. The van der Waals surface area contributed by atoms with Crippen LogP contribution < -0.4 is 15.4 Å². The van der Waals surface area contributed by atoms with Gasteiger partial charge in [0.1, 0.15) is 22.9 Å². The molecule has 0 radical (unpaired) electrons. The zero-order valence-electron chi connectivity index (χ0n) is 14.9. The third-order valence-corrected chi connectivity index (χ3v) is 5.47. The highest BCUT2D eigenvalue weighted by molar-refractivity contribution is 8.01. The minimum Gasteiger partial charge on any atom is -0.497 e. The number of carbonyl (C=O) groups is 2. The molecule has 1 heterocycles. The topological polar surface area (TPSA) is 93.2 Å². The number of hydrogen-bond donors (Lipinski definition) is 2. The second kappa shape index (κ2) is 9.43. The van der Waals surface area contributed by atoms with Gasteiger partial charge < -0.3 is 10.1 Å². The van der Waals surface area contributed by atoms with Gasteiger partial charge in [-0.2, -0.15) is 0 Å². The Bertz CT molecular complexity index is 1030. The van der Waals surface area contributed by atoms with E-state index in [1.54, 1.807) is 24.3 Å². The highest BCUT2D eigenvalue weighted by Gasteiger charge is 2.19. The molecule has 0 fully saturated rings. The maximum atomic E-state index is 13.7. The lowest BCUT2D eigenvalue weighted by Gasteiger charge is -2.06. The normalized spacial score (nSPS) is 10.4. The standard InChI is InChI=1S/C18H14F2N4O3S2/c1-27-11-5-2-4-10(8-11)21-14(25)9-28-18-24-23-17(29-18)22-16(26)15-12(19)6-3-7-13(15)20/h2-8H,9H2,1H3,(H,21,25)(H,22,23,26). The average Bonchev–Trinajstić information content (AvgIpc) is 3.13. The Morgan fingerprint density at radius 1 is 1.10 bits per heavy atom. The van der Waals surface area contributed by atoms with Crippen LogP contribution in [0.1, 0.15) is 10.4 Å². The fourth-order valence-corrected chi connectivity index (χ4v) is 3.77. The van der Waals surface area contributed by atoms with Gasteiger partial charge in [-0.25, -0.2) is 8.78 Å². The van der Waals surface area contributed by atoms with Crippen molar-refractivity contribution < 1.29 is 23.1 Å².